The molecule has 0 amide bonds. The molecule has 2 aliphatic rings. The van der Waals surface area contributed by atoms with E-state index in [1.807, 2.05) is 0 Å². The number of rotatable bonds is 2. The van der Waals surface area contributed by atoms with Crippen LogP contribution < -0.4 is 9.80 Å². The molecule has 122 valence electrons. The first-order valence-corrected chi connectivity index (χ1v) is 8.16. The van der Waals surface area contributed by atoms with Crippen molar-refractivity contribution in [2.24, 2.45) is 0 Å². The van der Waals surface area contributed by atoms with E-state index in [0.29, 0.717) is 12.1 Å². The quantitative estimate of drug-likeness (QED) is 0.829. The summed E-state index contributed by atoms with van der Waals surface area (Å²) in [6.45, 7) is 11.8. The number of hydrogen-bond donors (Lipinski definition) is 0. The van der Waals surface area contributed by atoms with Crippen molar-refractivity contribution in [3.8, 4) is 0 Å². The van der Waals surface area contributed by atoms with Gasteiger partial charge in [-0.2, -0.15) is 0 Å². The predicted octanol–water partition coefficient (Wildman–Crippen LogP) is 1.70. The lowest BCUT2D eigenvalue weighted by molar-refractivity contribution is 0.0276. The molecule has 0 saturated carbocycles. The van der Waals surface area contributed by atoms with E-state index in [2.05, 4.69) is 53.5 Å². The minimum atomic E-state index is 0.217. The van der Waals surface area contributed by atoms with Crippen LogP contribution >= 0.6 is 0 Å². The van der Waals surface area contributed by atoms with Crippen LogP contribution in [0, 0.1) is 0 Å². The molecule has 2 saturated heterocycles. The van der Waals surface area contributed by atoms with Gasteiger partial charge >= 0.3 is 0 Å². The smallest absolute Gasteiger partial charge is 0.134 e. The zero-order chi connectivity index (χ0) is 15.7. The molecule has 0 bridgehead atoms. The second-order valence-corrected chi connectivity index (χ2v) is 6.25. The second-order valence-electron chi connectivity index (χ2n) is 6.25. The van der Waals surface area contributed by atoms with E-state index >= 15 is 0 Å². The molecule has 0 N–H and O–H groups in total. The van der Waals surface area contributed by atoms with Crippen LogP contribution in [0.1, 0.15) is 27.7 Å². The Morgan fingerprint density at radius 2 is 1.32 bits per heavy atom. The summed E-state index contributed by atoms with van der Waals surface area (Å²) in [6, 6.07) is 2.73. The van der Waals surface area contributed by atoms with Gasteiger partial charge in [-0.25, -0.2) is 9.97 Å². The Balaban J connectivity index is 1.83. The monoisotopic (exact) mass is 306 g/mol. The topological polar surface area (TPSA) is 50.7 Å². The highest BCUT2D eigenvalue weighted by Crippen LogP contribution is 2.26. The molecule has 2 aliphatic heterocycles. The van der Waals surface area contributed by atoms with Crippen molar-refractivity contribution in [1.29, 1.82) is 0 Å². The Morgan fingerprint density at radius 3 is 1.77 bits per heavy atom. The number of ether oxygens (including phenoxy) is 2. The number of aromatic nitrogens is 2. The average molecular weight is 306 g/mol. The van der Waals surface area contributed by atoms with Gasteiger partial charge in [0.1, 0.15) is 18.0 Å². The van der Waals surface area contributed by atoms with Crippen LogP contribution in [0.15, 0.2) is 12.4 Å². The molecule has 4 atom stereocenters. The van der Waals surface area contributed by atoms with Gasteiger partial charge in [-0.15, -0.1) is 0 Å². The summed E-state index contributed by atoms with van der Waals surface area (Å²) in [5.74, 6) is 1.97. The first-order valence-electron chi connectivity index (χ1n) is 8.16. The van der Waals surface area contributed by atoms with Gasteiger partial charge in [0.2, 0.25) is 0 Å². The van der Waals surface area contributed by atoms with Gasteiger partial charge in [0, 0.05) is 19.2 Å². The van der Waals surface area contributed by atoms with E-state index in [9.17, 15) is 0 Å². The Bertz CT molecular complexity index is 471. The van der Waals surface area contributed by atoms with E-state index in [1.54, 1.807) is 6.33 Å². The van der Waals surface area contributed by atoms with Gasteiger partial charge < -0.3 is 19.3 Å². The van der Waals surface area contributed by atoms with Crippen LogP contribution in [-0.2, 0) is 9.47 Å². The van der Waals surface area contributed by atoms with Crippen molar-refractivity contribution in [3.05, 3.63) is 12.4 Å². The molecule has 3 rings (SSSR count). The number of hydrogen-bond acceptors (Lipinski definition) is 6. The van der Waals surface area contributed by atoms with Gasteiger partial charge in [-0.3, -0.25) is 0 Å². The standard InChI is InChI=1S/C16H26N4O2/c1-11-13(3)21-7-5-19(11)15-9-16(18-10-17-15)20-6-8-22-14(4)12(20)2/h9-14H,5-8H2,1-4H3/t11-,12+,13-,14+. The van der Waals surface area contributed by atoms with E-state index in [0.717, 1.165) is 37.9 Å². The molecule has 6 heteroatoms. The minimum Gasteiger partial charge on any atom is -0.375 e. The summed E-state index contributed by atoms with van der Waals surface area (Å²) in [4.78, 5) is 13.6. The first kappa shape index (κ1) is 15.5. The highest BCUT2D eigenvalue weighted by molar-refractivity contribution is 5.52. The zero-order valence-electron chi connectivity index (χ0n) is 13.9. The Hall–Kier alpha value is -1.40. The average Bonchev–Trinajstić information content (AvgIpc) is 2.53. The summed E-state index contributed by atoms with van der Waals surface area (Å²) in [7, 11) is 0. The third-order valence-electron chi connectivity index (χ3n) is 4.99. The normalized spacial score (nSPS) is 33.1. The van der Waals surface area contributed by atoms with E-state index in [1.165, 1.54) is 0 Å². The zero-order valence-corrected chi connectivity index (χ0v) is 13.9. The third kappa shape index (κ3) is 2.90. The summed E-state index contributed by atoms with van der Waals surface area (Å²) >= 11 is 0. The first-order chi connectivity index (χ1) is 10.6. The summed E-state index contributed by atoms with van der Waals surface area (Å²) in [6.07, 6.45) is 2.11. The summed E-state index contributed by atoms with van der Waals surface area (Å²) in [5, 5.41) is 0. The van der Waals surface area contributed by atoms with Gasteiger partial charge in [0.15, 0.2) is 0 Å². The maximum absolute atomic E-state index is 5.71. The third-order valence-corrected chi connectivity index (χ3v) is 4.99. The highest BCUT2D eigenvalue weighted by Gasteiger charge is 2.29. The molecule has 0 radical (unpaired) electrons. The molecule has 3 heterocycles. The molecule has 2 fully saturated rings. The van der Waals surface area contributed by atoms with Crippen molar-refractivity contribution < 1.29 is 9.47 Å². The Labute approximate surface area is 132 Å². The highest BCUT2D eigenvalue weighted by atomic mass is 16.5. The van der Waals surface area contributed by atoms with Crippen molar-refractivity contribution in [2.75, 3.05) is 36.1 Å². The van der Waals surface area contributed by atoms with Gasteiger partial charge in [0.05, 0.1) is 37.5 Å². The fraction of sp³-hybridized carbons (Fsp3) is 0.750. The van der Waals surface area contributed by atoms with Crippen molar-refractivity contribution >= 4 is 11.6 Å². The lowest BCUT2D eigenvalue weighted by atomic mass is 10.1. The lowest BCUT2D eigenvalue weighted by Crippen LogP contribution is -2.50. The fourth-order valence-electron chi connectivity index (χ4n) is 3.16. The van der Waals surface area contributed by atoms with Crippen LogP contribution in [0.5, 0.6) is 0 Å². The predicted molar refractivity (Wildman–Crippen MR) is 86.5 cm³/mol. The molecule has 0 spiro atoms. The van der Waals surface area contributed by atoms with E-state index in [4.69, 9.17) is 9.47 Å². The van der Waals surface area contributed by atoms with Crippen LogP contribution in [0.4, 0.5) is 11.6 Å². The van der Waals surface area contributed by atoms with Crippen LogP contribution in [0.25, 0.3) is 0 Å². The summed E-state index contributed by atoms with van der Waals surface area (Å²) in [5.41, 5.74) is 0. The summed E-state index contributed by atoms with van der Waals surface area (Å²) < 4.78 is 11.4. The maximum Gasteiger partial charge on any atom is 0.134 e. The van der Waals surface area contributed by atoms with E-state index < -0.39 is 0 Å². The molecule has 22 heavy (non-hydrogen) atoms. The Morgan fingerprint density at radius 1 is 0.864 bits per heavy atom. The molecule has 1 aromatic rings. The van der Waals surface area contributed by atoms with Crippen molar-refractivity contribution in [1.82, 2.24) is 9.97 Å². The minimum absolute atomic E-state index is 0.217. The molecule has 0 aromatic carbocycles. The van der Waals surface area contributed by atoms with Gasteiger partial charge in [0.25, 0.3) is 0 Å². The second kappa shape index (κ2) is 6.38. The molecular weight excluding hydrogens is 280 g/mol. The van der Waals surface area contributed by atoms with Gasteiger partial charge in [-0.05, 0) is 27.7 Å². The molecule has 1 aromatic heterocycles. The maximum atomic E-state index is 5.71. The van der Waals surface area contributed by atoms with Crippen molar-refractivity contribution in [3.63, 3.8) is 0 Å². The van der Waals surface area contributed by atoms with Crippen molar-refractivity contribution in [2.45, 2.75) is 52.0 Å². The number of morpholine rings is 2. The molecular formula is C16H26N4O2. The van der Waals surface area contributed by atoms with Crippen LogP contribution in [-0.4, -0.2) is 60.6 Å². The molecule has 0 unspecified atom stereocenters. The largest absolute Gasteiger partial charge is 0.375 e. The van der Waals surface area contributed by atoms with E-state index in [-0.39, 0.29) is 12.2 Å². The van der Waals surface area contributed by atoms with Crippen LogP contribution in [0.3, 0.4) is 0 Å². The van der Waals surface area contributed by atoms with Crippen LogP contribution in [0.2, 0.25) is 0 Å². The fourth-order valence-corrected chi connectivity index (χ4v) is 3.16. The Kier molecular flexibility index (Phi) is 4.49. The molecule has 0 aliphatic carbocycles. The number of anilines is 2. The molecule has 6 nitrogen and oxygen atoms in total. The lowest BCUT2D eigenvalue weighted by Gasteiger charge is -2.40. The SMILES string of the molecule is C[C@@H]1OCCN(c2cc(N3CCO[C@H](C)[C@H]3C)ncn2)[C@H]1C. The van der Waals surface area contributed by atoms with Gasteiger partial charge in [-0.1, -0.05) is 0 Å². The number of nitrogens with zero attached hydrogens (tertiary/aromatic N) is 4.